The Kier molecular flexibility index (Phi) is 8.58. The minimum Gasteiger partial charge on any atom is -0.462 e. The molecule has 0 radical (unpaired) electrons. The van der Waals surface area contributed by atoms with E-state index in [1.165, 1.54) is 6.92 Å². The molecule has 32 heavy (non-hydrogen) atoms. The van der Waals surface area contributed by atoms with E-state index in [2.05, 4.69) is 0 Å². The molecule has 0 spiro atoms. The summed E-state index contributed by atoms with van der Waals surface area (Å²) in [7, 11) is 0. The van der Waals surface area contributed by atoms with Gasteiger partial charge in [0.2, 0.25) is 0 Å². The summed E-state index contributed by atoms with van der Waals surface area (Å²) in [6.45, 7) is 8.27. The first-order chi connectivity index (χ1) is 14.8. The molecule has 2 N–H and O–H groups in total. The van der Waals surface area contributed by atoms with Crippen LogP contribution in [0.15, 0.2) is 11.8 Å². The largest absolute Gasteiger partial charge is 0.462 e. The molecule has 2 aliphatic rings. The Balaban J connectivity index is 2.37. The molecule has 0 saturated heterocycles. The van der Waals surface area contributed by atoms with Crippen molar-refractivity contribution in [2.45, 2.75) is 77.5 Å². The molecule has 0 unspecified atom stereocenters. The van der Waals surface area contributed by atoms with Gasteiger partial charge in [-0.2, -0.15) is 0 Å². The zero-order valence-electron chi connectivity index (χ0n) is 19.1. The smallest absolute Gasteiger partial charge is 0.309 e. The summed E-state index contributed by atoms with van der Waals surface area (Å²) in [6, 6.07) is 0. The van der Waals surface area contributed by atoms with E-state index in [1.807, 2.05) is 27.7 Å². The maximum absolute atomic E-state index is 12.3. The topological polar surface area (TPSA) is 129 Å². The molecular weight excluding hydrogens is 444 g/mol. The minimum atomic E-state index is -1.97. The van der Waals surface area contributed by atoms with E-state index in [1.54, 1.807) is 0 Å². The van der Waals surface area contributed by atoms with E-state index in [-0.39, 0.29) is 43.3 Å². The van der Waals surface area contributed by atoms with E-state index < -0.39 is 53.3 Å². The highest BCUT2D eigenvalue weighted by molar-refractivity contribution is 6.18. The van der Waals surface area contributed by atoms with Crippen molar-refractivity contribution in [3.8, 4) is 0 Å². The molecule has 0 aromatic carbocycles. The molecule has 0 aromatic heterocycles. The van der Waals surface area contributed by atoms with E-state index in [0.29, 0.717) is 0 Å². The van der Waals surface area contributed by atoms with Crippen molar-refractivity contribution in [1.29, 1.82) is 0 Å². The lowest BCUT2D eigenvalue weighted by Gasteiger charge is -2.43. The van der Waals surface area contributed by atoms with Crippen LogP contribution in [0.25, 0.3) is 0 Å². The van der Waals surface area contributed by atoms with Gasteiger partial charge in [0.25, 0.3) is 6.29 Å². The Morgan fingerprint density at radius 1 is 1.12 bits per heavy atom. The first-order valence-electron chi connectivity index (χ1n) is 10.7. The summed E-state index contributed by atoms with van der Waals surface area (Å²) in [4.78, 5) is 36.0. The van der Waals surface area contributed by atoms with Gasteiger partial charge in [-0.15, -0.1) is 11.6 Å². The fourth-order valence-electron chi connectivity index (χ4n) is 4.15. The van der Waals surface area contributed by atoms with Gasteiger partial charge in [0.1, 0.15) is 23.9 Å². The second-order valence-corrected chi connectivity index (χ2v) is 9.59. The Morgan fingerprint density at radius 2 is 1.72 bits per heavy atom. The van der Waals surface area contributed by atoms with Crippen LogP contribution in [0.5, 0.6) is 0 Å². The second kappa shape index (κ2) is 10.4. The fourth-order valence-corrected chi connectivity index (χ4v) is 4.49. The van der Waals surface area contributed by atoms with E-state index >= 15 is 0 Å². The second-order valence-electron chi connectivity index (χ2n) is 9.32. The Hall–Kier alpha value is -1.84. The molecule has 0 bridgehead atoms. The average Bonchev–Trinajstić information content (AvgIpc) is 2.87. The predicted molar refractivity (Wildman–Crippen MR) is 113 cm³/mol. The van der Waals surface area contributed by atoms with Crippen molar-refractivity contribution in [3.63, 3.8) is 0 Å². The fraction of sp³-hybridized carbons (Fsp3) is 0.773. The quantitative estimate of drug-likeness (QED) is 0.292. The molecule has 1 fully saturated rings. The molecule has 2 rings (SSSR count). The molecule has 0 amide bonds. The summed E-state index contributed by atoms with van der Waals surface area (Å²) in [5.41, 5.74) is -3.68. The first-order valence-corrected chi connectivity index (χ1v) is 11.2. The monoisotopic (exact) mass is 476 g/mol. The van der Waals surface area contributed by atoms with Gasteiger partial charge in [0.15, 0.2) is 0 Å². The molecule has 5 atom stereocenters. The highest BCUT2D eigenvalue weighted by Crippen LogP contribution is 2.53. The van der Waals surface area contributed by atoms with Crippen LogP contribution in [-0.4, -0.2) is 64.2 Å². The maximum Gasteiger partial charge on any atom is 0.309 e. The Bertz CT molecular complexity index is 750. The van der Waals surface area contributed by atoms with Crippen molar-refractivity contribution < 1.29 is 43.5 Å². The van der Waals surface area contributed by atoms with Gasteiger partial charge in [-0.3, -0.25) is 14.4 Å². The molecule has 1 saturated carbocycles. The third kappa shape index (κ3) is 5.74. The summed E-state index contributed by atoms with van der Waals surface area (Å²) in [5, 5.41) is 23.0. The summed E-state index contributed by atoms with van der Waals surface area (Å²) >= 11 is 6.07. The number of halogens is 1. The molecule has 9 nitrogen and oxygen atoms in total. The van der Waals surface area contributed by atoms with Crippen molar-refractivity contribution in [1.82, 2.24) is 0 Å². The number of carbonyl (C=O) groups is 3. The van der Waals surface area contributed by atoms with Crippen molar-refractivity contribution in [2.75, 3.05) is 12.5 Å². The molecule has 10 heteroatoms. The predicted octanol–water partition coefficient (Wildman–Crippen LogP) is 2.06. The third-order valence-electron chi connectivity index (χ3n) is 5.59. The van der Waals surface area contributed by atoms with Crippen LogP contribution in [0.3, 0.4) is 0 Å². The van der Waals surface area contributed by atoms with Crippen molar-refractivity contribution in [2.24, 2.45) is 17.8 Å². The van der Waals surface area contributed by atoms with E-state index in [0.717, 1.165) is 6.26 Å². The Morgan fingerprint density at radius 3 is 2.25 bits per heavy atom. The number of carbonyl (C=O) groups excluding carboxylic acids is 3. The highest BCUT2D eigenvalue weighted by Gasteiger charge is 2.69. The maximum atomic E-state index is 12.3. The number of hydrogen-bond acceptors (Lipinski definition) is 9. The van der Waals surface area contributed by atoms with Gasteiger partial charge in [-0.05, 0) is 11.8 Å². The van der Waals surface area contributed by atoms with Crippen LogP contribution in [0.1, 0.15) is 53.9 Å². The minimum absolute atomic E-state index is 0.0146. The van der Waals surface area contributed by atoms with E-state index in [4.69, 9.17) is 30.5 Å². The summed E-state index contributed by atoms with van der Waals surface area (Å²) in [5.74, 6) is -3.34. The van der Waals surface area contributed by atoms with Crippen molar-refractivity contribution >= 4 is 29.5 Å². The zero-order chi connectivity index (χ0) is 24.3. The van der Waals surface area contributed by atoms with Crippen molar-refractivity contribution in [3.05, 3.63) is 11.8 Å². The molecule has 0 aromatic rings. The van der Waals surface area contributed by atoms with Gasteiger partial charge < -0.3 is 29.2 Å². The van der Waals surface area contributed by atoms with Crippen LogP contribution >= 0.6 is 11.6 Å². The number of hydrogen-bond donors (Lipinski definition) is 2. The normalized spacial score (nSPS) is 31.6. The van der Waals surface area contributed by atoms with Gasteiger partial charge in [0, 0.05) is 31.8 Å². The van der Waals surface area contributed by atoms with Crippen LogP contribution in [0, 0.1) is 17.8 Å². The number of ether oxygens (including phenoxy) is 4. The van der Waals surface area contributed by atoms with Gasteiger partial charge >= 0.3 is 17.9 Å². The standard InChI is InChI=1S/C22H33ClO9/c1-12(2)6-17(25)29-9-15-10-30-20(32-18(26)7-13(3)4)19-21(15,27)8-16(31-14(5)24)22(19,28)11-23/h10,12-13,16,19-20,27-28H,6-9,11H2,1-5H3/t16-,19+,20-,21-,22+/m0/s1. The lowest BCUT2D eigenvalue weighted by Crippen LogP contribution is -2.58. The van der Waals surface area contributed by atoms with Gasteiger partial charge in [-0.1, -0.05) is 27.7 Å². The molecule has 1 aliphatic heterocycles. The highest BCUT2D eigenvalue weighted by atomic mass is 35.5. The first kappa shape index (κ1) is 26.4. The Labute approximate surface area is 193 Å². The molecule has 1 heterocycles. The van der Waals surface area contributed by atoms with Gasteiger partial charge in [-0.25, -0.2) is 0 Å². The number of esters is 3. The third-order valence-corrected chi connectivity index (χ3v) is 6.02. The van der Waals surface area contributed by atoms with Crippen LogP contribution in [-0.2, 0) is 33.3 Å². The molecule has 1 aliphatic carbocycles. The van der Waals surface area contributed by atoms with Crippen LogP contribution in [0.4, 0.5) is 0 Å². The van der Waals surface area contributed by atoms with Crippen LogP contribution in [0.2, 0.25) is 0 Å². The molecule has 182 valence electrons. The van der Waals surface area contributed by atoms with Gasteiger partial charge in [0.05, 0.1) is 18.1 Å². The number of fused-ring (bicyclic) bond motifs is 1. The summed E-state index contributed by atoms with van der Waals surface area (Å²) < 4.78 is 21.5. The molecular formula is C22H33ClO9. The number of alkyl halides is 1. The zero-order valence-corrected chi connectivity index (χ0v) is 19.9. The number of aliphatic hydroxyl groups is 2. The average molecular weight is 477 g/mol. The van der Waals surface area contributed by atoms with Crippen LogP contribution < -0.4 is 0 Å². The lowest BCUT2D eigenvalue weighted by atomic mass is 9.77. The summed E-state index contributed by atoms with van der Waals surface area (Å²) in [6.07, 6.45) is -1.37. The number of rotatable bonds is 9. The SMILES string of the molecule is CC(=O)O[C@H]1C[C@]2(O)C(COC(=O)CC(C)C)=CO[C@@H](OC(=O)CC(C)C)[C@H]2[C@@]1(O)CCl. The lowest BCUT2D eigenvalue weighted by molar-refractivity contribution is -0.228. The van der Waals surface area contributed by atoms with E-state index in [9.17, 15) is 24.6 Å².